The van der Waals surface area contributed by atoms with Gasteiger partial charge in [-0.1, -0.05) is 19.3 Å². The second-order valence-corrected chi connectivity index (χ2v) is 6.74. The number of aliphatic hydroxyl groups is 1. The first kappa shape index (κ1) is 14.6. The normalized spacial score (nSPS) is 25.2. The van der Waals surface area contributed by atoms with Crippen molar-refractivity contribution in [3.63, 3.8) is 0 Å². The molecule has 2 heterocycles. The molecular formula is C16H25N3O2. The number of aryl methyl sites for hydroxylation is 1. The maximum absolute atomic E-state index is 12.4. The number of aromatic nitrogens is 2. The minimum absolute atomic E-state index is 0.102. The SMILES string of the molecule is Cc1cnc([C@H]2CCN(C(=O)CC3(O)CCCCC3)C2)[nH]1. The predicted molar refractivity (Wildman–Crippen MR) is 79.9 cm³/mol. The lowest BCUT2D eigenvalue weighted by Gasteiger charge is -2.32. The van der Waals surface area contributed by atoms with Crippen molar-refractivity contribution in [3.05, 3.63) is 17.7 Å². The van der Waals surface area contributed by atoms with E-state index in [-0.39, 0.29) is 12.3 Å². The first-order valence-corrected chi connectivity index (χ1v) is 8.07. The molecule has 0 aromatic carbocycles. The summed E-state index contributed by atoms with van der Waals surface area (Å²) in [6, 6.07) is 0. The third-order valence-corrected chi connectivity index (χ3v) is 4.91. The second kappa shape index (κ2) is 5.79. The Labute approximate surface area is 125 Å². The van der Waals surface area contributed by atoms with Gasteiger partial charge >= 0.3 is 0 Å². The molecule has 116 valence electrons. The molecule has 3 rings (SSSR count). The maximum atomic E-state index is 12.4. The average Bonchev–Trinajstić information content (AvgIpc) is 3.07. The third kappa shape index (κ3) is 3.28. The fourth-order valence-electron chi connectivity index (χ4n) is 3.63. The van der Waals surface area contributed by atoms with Gasteiger partial charge in [0.25, 0.3) is 0 Å². The van der Waals surface area contributed by atoms with Crippen molar-refractivity contribution < 1.29 is 9.90 Å². The van der Waals surface area contributed by atoms with Gasteiger partial charge in [0.2, 0.25) is 5.91 Å². The molecule has 1 amide bonds. The van der Waals surface area contributed by atoms with Crippen molar-refractivity contribution >= 4 is 5.91 Å². The van der Waals surface area contributed by atoms with Gasteiger partial charge in [-0.25, -0.2) is 4.98 Å². The molecule has 0 bridgehead atoms. The summed E-state index contributed by atoms with van der Waals surface area (Å²) in [5.41, 5.74) is 0.306. The summed E-state index contributed by atoms with van der Waals surface area (Å²) in [5.74, 6) is 1.40. The van der Waals surface area contributed by atoms with Gasteiger partial charge in [-0.05, 0) is 26.2 Å². The molecule has 0 unspecified atom stereocenters. The van der Waals surface area contributed by atoms with Crippen molar-refractivity contribution in [2.45, 2.75) is 63.4 Å². The van der Waals surface area contributed by atoms with Crippen molar-refractivity contribution in [2.24, 2.45) is 0 Å². The molecule has 1 aromatic rings. The number of carbonyl (C=O) groups is 1. The van der Waals surface area contributed by atoms with Crippen LogP contribution in [0, 0.1) is 6.92 Å². The van der Waals surface area contributed by atoms with Crippen LogP contribution in [0.15, 0.2) is 6.20 Å². The second-order valence-electron chi connectivity index (χ2n) is 6.74. The van der Waals surface area contributed by atoms with Crippen LogP contribution < -0.4 is 0 Å². The summed E-state index contributed by atoms with van der Waals surface area (Å²) in [7, 11) is 0. The maximum Gasteiger partial charge on any atom is 0.225 e. The van der Waals surface area contributed by atoms with Gasteiger partial charge in [0.1, 0.15) is 5.82 Å². The van der Waals surface area contributed by atoms with E-state index in [9.17, 15) is 9.90 Å². The Morgan fingerprint density at radius 2 is 2.24 bits per heavy atom. The number of imidazole rings is 1. The first-order valence-electron chi connectivity index (χ1n) is 8.07. The minimum atomic E-state index is -0.755. The summed E-state index contributed by atoms with van der Waals surface area (Å²) in [6.07, 6.45) is 7.88. The largest absolute Gasteiger partial charge is 0.389 e. The van der Waals surface area contributed by atoms with E-state index < -0.39 is 5.60 Å². The van der Waals surface area contributed by atoms with Gasteiger partial charge in [-0.3, -0.25) is 4.79 Å². The van der Waals surface area contributed by atoms with Crippen LogP contribution in [0.1, 0.15) is 62.4 Å². The molecule has 1 aliphatic carbocycles. The van der Waals surface area contributed by atoms with Gasteiger partial charge in [0.15, 0.2) is 0 Å². The minimum Gasteiger partial charge on any atom is -0.389 e. The van der Waals surface area contributed by atoms with Crippen LogP contribution >= 0.6 is 0 Å². The molecule has 1 atom stereocenters. The Bertz CT molecular complexity index is 505. The lowest BCUT2D eigenvalue weighted by Crippen LogP contribution is -2.39. The summed E-state index contributed by atoms with van der Waals surface area (Å²) >= 11 is 0. The van der Waals surface area contributed by atoms with Gasteiger partial charge in [0, 0.05) is 30.9 Å². The van der Waals surface area contributed by atoms with Crippen molar-refractivity contribution in [3.8, 4) is 0 Å². The van der Waals surface area contributed by atoms with Crippen LogP contribution in [0.5, 0.6) is 0 Å². The van der Waals surface area contributed by atoms with Gasteiger partial charge in [-0.2, -0.15) is 0 Å². The van der Waals surface area contributed by atoms with Gasteiger partial charge < -0.3 is 15.0 Å². The zero-order valence-electron chi connectivity index (χ0n) is 12.8. The van der Waals surface area contributed by atoms with E-state index in [0.29, 0.717) is 5.92 Å². The molecule has 0 spiro atoms. The number of rotatable bonds is 3. The van der Waals surface area contributed by atoms with Crippen molar-refractivity contribution in [1.29, 1.82) is 0 Å². The molecule has 5 nitrogen and oxygen atoms in total. The molecule has 2 aliphatic rings. The summed E-state index contributed by atoms with van der Waals surface area (Å²) in [5, 5.41) is 10.5. The fourth-order valence-corrected chi connectivity index (χ4v) is 3.63. The third-order valence-electron chi connectivity index (χ3n) is 4.91. The topological polar surface area (TPSA) is 69.2 Å². The van der Waals surface area contributed by atoms with Crippen molar-refractivity contribution in [1.82, 2.24) is 14.9 Å². The highest BCUT2D eigenvalue weighted by atomic mass is 16.3. The zero-order chi connectivity index (χ0) is 14.9. The Hall–Kier alpha value is -1.36. The number of nitrogens with zero attached hydrogens (tertiary/aromatic N) is 2. The van der Waals surface area contributed by atoms with Gasteiger partial charge in [0.05, 0.1) is 12.0 Å². The molecule has 1 aliphatic heterocycles. The molecule has 2 N–H and O–H groups in total. The lowest BCUT2D eigenvalue weighted by molar-refractivity contribution is -0.136. The molecule has 21 heavy (non-hydrogen) atoms. The fraction of sp³-hybridized carbons (Fsp3) is 0.750. The summed E-state index contributed by atoms with van der Waals surface area (Å²) < 4.78 is 0. The number of nitrogens with one attached hydrogen (secondary N) is 1. The quantitative estimate of drug-likeness (QED) is 0.896. The van der Waals surface area contributed by atoms with E-state index >= 15 is 0 Å². The van der Waals surface area contributed by atoms with E-state index in [4.69, 9.17) is 0 Å². The van der Waals surface area contributed by atoms with Crippen LogP contribution in [-0.4, -0.2) is 44.6 Å². The molecular weight excluding hydrogens is 266 g/mol. The number of H-pyrrole nitrogens is 1. The number of hydrogen-bond donors (Lipinski definition) is 2. The Kier molecular flexibility index (Phi) is 4.02. The summed E-state index contributed by atoms with van der Waals surface area (Å²) in [4.78, 5) is 22.0. The highest BCUT2D eigenvalue weighted by Gasteiger charge is 2.36. The Morgan fingerprint density at radius 1 is 1.48 bits per heavy atom. The number of aromatic amines is 1. The smallest absolute Gasteiger partial charge is 0.225 e. The van der Waals surface area contributed by atoms with Crippen molar-refractivity contribution in [2.75, 3.05) is 13.1 Å². The van der Waals surface area contributed by atoms with E-state index in [2.05, 4.69) is 9.97 Å². The van der Waals surface area contributed by atoms with E-state index in [0.717, 1.165) is 56.7 Å². The van der Waals surface area contributed by atoms with Crippen LogP contribution in [0.3, 0.4) is 0 Å². The van der Waals surface area contributed by atoms with E-state index in [1.165, 1.54) is 6.42 Å². The summed E-state index contributed by atoms with van der Waals surface area (Å²) in [6.45, 7) is 3.49. The molecule has 2 fully saturated rings. The standard InChI is InChI=1S/C16H25N3O2/c1-12-10-17-15(18-12)13-5-8-19(11-13)14(20)9-16(21)6-3-2-4-7-16/h10,13,21H,2-9,11H2,1H3,(H,17,18)/t13-/m0/s1. The number of carbonyl (C=O) groups excluding carboxylic acids is 1. The van der Waals surface area contributed by atoms with Crippen LogP contribution in [-0.2, 0) is 4.79 Å². The number of likely N-dealkylation sites (tertiary alicyclic amines) is 1. The van der Waals surface area contributed by atoms with Crippen LogP contribution in [0.2, 0.25) is 0 Å². The average molecular weight is 291 g/mol. The molecule has 5 heteroatoms. The molecule has 1 saturated heterocycles. The number of amides is 1. The van der Waals surface area contributed by atoms with E-state index in [1.54, 1.807) is 0 Å². The highest BCUT2D eigenvalue weighted by Crippen LogP contribution is 2.33. The Morgan fingerprint density at radius 3 is 2.90 bits per heavy atom. The van der Waals surface area contributed by atoms with Gasteiger partial charge in [-0.15, -0.1) is 0 Å². The Balaban J connectivity index is 1.57. The molecule has 1 aromatic heterocycles. The monoisotopic (exact) mass is 291 g/mol. The highest BCUT2D eigenvalue weighted by molar-refractivity contribution is 5.77. The lowest BCUT2D eigenvalue weighted by atomic mass is 9.82. The predicted octanol–water partition coefficient (Wildman–Crippen LogP) is 2.12. The van der Waals surface area contributed by atoms with E-state index in [1.807, 2.05) is 18.0 Å². The number of hydrogen-bond acceptors (Lipinski definition) is 3. The van der Waals surface area contributed by atoms with Crippen LogP contribution in [0.25, 0.3) is 0 Å². The zero-order valence-corrected chi connectivity index (χ0v) is 12.8. The first-order chi connectivity index (χ1) is 10.1. The molecule has 1 saturated carbocycles. The van der Waals surface area contributed by atoms with Crippen LogP contribution in [0.4, 0.5) is 0 Å². The molecule has 0 radical (unpaired) electrons.